The number of hydrogen-bond acceptors (Lipinski definition) is 3. The molecular weight excluding hydrogens is 304 g/mol. The number of rotatable bonds is 5. The van der Waals surface area contributed by atoms with Crippen molar-refractivity contribution in [1.82, 2.24) is 9.78 Å². The van der Waals surface area contributed by atoms with Crippen molar-refractivity contribution in [2.45, 2.75) is 40.9 Å². The third kappa shape index (κ3) is 3.67. The van der Waals surface area contributed by atoms with Gasteiger partial charge in [-0.05, 0) is 45.4 Å². The zero-order valence-electron chi connectivity index (χ0n) is 13.5. The lowest BCUT2D eigenvalue weighted by Gasteiger charge is -2.13. The summed E-state index contributed by atoms with van der Waals surface area (Å²) in [5.74, 6) is -0.464. The van der Waals surface area contributed by atoms with Crippen LogP contribution < -0.4 is 10.1 Å². The van der Waals surface area contributed by atoms with Crippen LogP contribution >= 0.6 is 0 Å². The number of anilines is 1. The lowest BCUT2D eigenvalue weighted by molar-refractivity contribution is -0.0494. The van der Waals surface area contributed by atoms with E-state index in [-0.39, 0.29) is 11.4 Å². The summed E-state index contributed by atoms with van der Waals surface area (Å²) in [4.78, 5) is 12.5. The number of nitrogens with one attached hydrogen (secondary N) is 1. The van der Waals surface area contributed by atoms with E-state index in [9.17, 15) is 13.6 Å². The molecule has 0 fully saturated rings. The summed E-state index contributed by atoms with van der Waals surface area (Å²) in [5, 5.41) is 6.91. The van der Waals surface area contributed by atoms with Crippen LogP contribution in [0.1, 0.15) is 34.2 Å². The third-order valence-corrected chi connectivity index (χ3v) is 3.51. The summed E-state index contributed by atoms with van der Waals surface area (Å²) in [6.45, 7) is 4.90. The number of nitrogens with zero attached hydrogens (tertiary/aromatic N) is 2. The number of hydrogen-bond donors (Lipinski definition) is 1. The molecule has 1 N–H and O–H groups in total. The molecule has 23 heavy (non-hydrogen) atoms. The number of aryl methyl sites for hydroxylation is 3. The molecule has 7 heteroatoms. The first-order chi connectivity index (χ1) is 10.8. The van der Waals surface area contributed by atoms with Crippen molar-refractivity contribution in [3.8, 4) is 5.75 Å². The Bertz CT molecular complexity index is 726. The van der Waals surface area contributed by atoms with Crippen LogP contribution in [-0.4, -0.2) is 22.3 Å². The highest BCUT2D eigenvalue weighted by Gasteiger charge is 2.20. The minimum atomic E-state index is -2.96. The van der Waals surface area contributed by atoms with Crippen LogP contribution in [-0.2, 0) is 6.54 Å². The highest BCUT2D eigenvalue weighted by Crippen LogP contribution is 2.28. The van der Waals surface area contributed by atoms with Crippen LogP contribution in [0, 0.1) is 20.8 Å². The number of ether oxygens (including phenoxy) is 1. The van der Waals surface area contributed by atoms with Crippen molar-refractivity contribution >= 4 is 11.6 Å². The average Bonchev–Trinajstić information content (AvgIpc) is 2.75. The number of carbonyl (C=O) groups excluding carboxylic acids is 1. The van der Waals surface area contributed by atoms with Gasteiger partial charge < -0.3 is 10.1 Å². The molecule has 0 aliphatic carbocycles. The SMILES string of the molecule is CCn1nc(C)c(C(=O)Nc2ccc(C)cc2OC(F)F)c1C. The largest absolute Gasteiger partial charge is 0.433 e. The second-order valence-electron chi connectivity index (χ2n) is 5.19. The molecule has 1 heterocycles. The molecule has 0 radical (unpaired) electrons. The summed E-state index contributed by atoms with van der Waals surface area (Å²) in [7, 11) is 0. The van der Waals surface area contributed by atoms with Gasteiger partial charge in [0.25, 0.3) is 5.91 Å². The van der Waals surface area contributed by atoms with Gasteiger partial charge in [-0.1, -0.05) is 6.07 Å². The summed E-state index contributed by atoms with van der Waals surface area (Å²) in [6.07, 6.45) is 0. The zero-order chi connectivity index (χ0) is 17.1. The van der Waals surface area contributed by atoms with Crippen molar-refractivity contribution in [2.75, 3.05) is 5.32 Å². The van der Waals surface area contributed by atoms with E-state index in [2.05, 4.69) is 15.2 Å². The van der Waals surface area contributed by atoms with Gasteiger partial charge >= 0.3 is 6.61 Å². The predicted molar refractivity (Wildman–Crippen MR) is 83.1 cm³/mol. The Morgan fingerprint density at radius 3 is 2.61 bits per heavy atom. The molecule has 0 bridgehead atoms. The maximum absolute atomic E-state index is 12.5. The second kappa shape index (κ2) is 6.76. The van der Waals surface area contributed by atoms with E-state index in [1.807, 2.05) is 6.92 Å². The van der Waals surface area contributed by atoms with Gasteiger partial charge in [0.05, 0.1) is 16.9 Å². The second-order valence-corrected chi connectivity index (χ2v) is 5.19. The Hall–Kier alpha value is -2.44. The lowest BCUT2D eigenvalue weighted by Crippen LogP contribution is -2.16. The van der Waals surface area contributed by atoms with Gasteiger partial charge in [-0.25, -0.2) is 0 Å². The van der Waals surface area contributed by atoms with Crippen molar-refractivity contribution < 1.29 is 18.3 Å². The fourth-order valence-electron chi connectivity index (χ4n) is 2.44. The minimum Gasteiger partial charge on any atom is -0.433 e. The quantitative estimate of drug-likeness (QED) is 0.913. The maximum Gasteiger partial charge on any atom is 0.387 e. The molecule has 0 spiro atoms. The van der Waals surface area contributed by atoms with Gasteiger partial charge in [-0.15, -0.1) is 0 Å². The molecule has 0 saturated heterocycles. The Kier molecular flexibility index (Phi) is 4.98. The Balaban J connectivity index is 2.32. The van der Waals surface area contributed by atoms with Crippen LogP contribution in [0.3, 0.4) is 0 Å². The number of aromatic nitrogens is 2. The number of benzene rings is 1. The molecule has 1 aromatic carbocycles. The third-order valence-electron chi connectivity index (χ3n) is 3.51. The molecule has 1 aromatic heterocycles. The van der Waals surface area contributed by atoms with Crippen molar-refractivity contribution in [1.29, 1.82) is 0 Å². The minimum absolute atomic E-state index is 0.0634. The lowest BCUT2D eigenvalue weighted by atomic mass is 10.1. The van der Waals surface area contributed by atoms with Gasteiger partial charge in [-0.2, -0.15) is 13.9 Å². The molecule has 0 atom stereocenters. The van der Waals surface area contributed by atoms with Crippen LogP contribution in [0.4, 0.5) is 14.5 Å². The Labute approximate surface area is 133 Å². The molecule has 0 saturated carbocycles. The molecule has 0 aliphatic heterocycles. The first-order valence-corrected chi connectivity index (χ1v) is 7.24. The van der Waals surface area contributed by atoms with E-state index >= 15 is 0 Å². The topological polar surface area (TPSA) is 56.2 Å². The monoisotopic (exact) mass is 323 g/mol. The predicted octanol–water partition coefficient (Wildman–Crippen LogP) is 3.68. The van der Waals surface area contributed by atoms with E-state index in [0.717, 1.165) is 11.3 Å². The first kappa shape index (κ1) is 16.9. The van der Waals surface area contributed by atoms with Crippen molar-refractivity contribution in [3.63, 3.8) is 0 Å². The summed E-state index contributed by atoms with van der Waals surface area (Å²) < 4.78 is 31.2. The average molecular weight is 323 g/mol. The van der Waals surface area contributed by atoms with Crippen molar-refractivity contribution in [2.24, 2.45) is 0 Å². The number of halogens is 2. The van der Waals surface area contributed by atoms with E-state index in [4.69, 9.17) is 0 Å². The fraction of sp³-hybridized carbons (Fsp3) is 0.375. The van der Waals surface area contributed by atoms with Crippen LogP contribution in [0.25, 0.3) is 0 Å². The number of alkyl halides is 2. The molecular formula is C16H19F2N3O2. The van der Waals surface area contributed by atoms with E-state index < -0.39 is 12.5 Å². The van der Waals surface area contributed by atoms with Gasteiger partial charge in [0.15, 0.2) is 0 Å². The zero-order valence-corrected chi connectivity index (χ0v) is 13.5. The molecule has 0 unspecified atom stereocenters. The molecule has 0 aliphatic rings. The smallest absolute Gasteiger partial charge is 0.387 e. The molecule has 5 nitrogen and oxygen atoms in total. The maximum atomic E-state index is 12.5. The Morgan fingerprint density at radius 2 is 2.04 bits per heavy atom. The van der Waals surface area contributed by atoms with Crippen molar-refractivity contribution in [3.05, 3.63) is 40.7 Å². The van der Waals surface area contributed by atoms with Gasteiger partial charge in [0.2, 0.25) is 0 Å². The highest BCUT2D eigenvalue weighted by molar-refractivity contribution is 6.06. The Morgan fingerprint density at radius 1 is 1.35 bits per heavy atom. The van der Waals surface area contributed by atoms with Gasteiger partial charge in [-0.3, -0.25) is 9.48 Å². The normalized spacial score (nSPS) is 10.9. The summed E-state index contributed by atoms with van der Waals surface area (Å²) in [6, 6.07) is 4.71. The number of carbonyl (C=O) groups is 1. The van der Waals surface area contributed by atoms with Gasteiger partial charge in [0.1, 0.15) is 5.75 Å². The molecule has 2 rings (SSSR count). The summed E-state index contributed by atoms with van der Waals surface area (Å²) >= 11 is 0. The first-order valence-electron chi connectivity index (χ1n) is 7.24. The van der Waals surface area contributed by atoms with Crippen LogP contribution in [0.5, 0.6) is 5.75 Å². The number of amides is 1. The molecule has 1 amide bonds. The van der Waals surface area contributed by atoms with E-state index in [1.54, 1.807) is 37.6 Å². The summed E-state index contributed by atoms with van der Waals surface area (Å²) in [5.41, 5.74) is 2.71. The van der Waals surface area contributed by atoms with E-state index in [1.165, 1.54) is 6.07 Å². The fourth-order valence-corrected chi connectivity index (χ4v) is 2.44. The van der Waals surface area contributed by atoms with E-state index in [0.29, 0.717) is 17.8 Å². The van der Waals surface area contributed by atoms with Gasteiger partial charge in [0, 0.05) is 12.2 Å². The standard InChI is InChI=1S/C16H19F2N3O2/c1-5-21-11(4)14(10(3)20-21)15(22)19-12-7-6-9(2)8-13(12)23-16(17)18/h6-8,16H,5H2,1-4H3,(H,19,22). The highest BCUT2D eigenvalue weighted by atomic mass is 19.3. The van der Waals surface area contributed by atoms with Crippen LogP contribution in [0.2, 0.25) is 0 Å². The molecule has 2 aromatic rings. The van der Waals surface area contributed by atoms with Crippen LogP contribution in [0.15, 0.2) is 18.2 Å². The molecule has 124 valence electrons.